The second-order valence-corrected chi connectivity index (χ2v) is 7.88. The van der Waals surface area contributed by atoms with E-state index in [1.54, 1.807) is 19.1 Å². The first-order chi connectivity index (χ1) is 16.2. The number of phenols is 3. The lowest BCUT2D eigenvalue weighted by atomic mass is 9.88. The van der Waals surface area contributed by atoms with Crippen molar-refractivity contribution in [3.63, 3.8) is 0 Å². The highest BCUT2D eigenvalue weighted by Gasteiger charge is 2.27. The number of nitrogens with zero attached hydrogens (tertiary/aromatic N) is 1. The smallest absolute Gasteiger partial charge is 0.306 e. The first-order valence-electron chi connectivity index (χ1n) is 10.5. The summed E-state index contributed by atoms with van der Waals surface area (Å²) in [4.78, 5) is 25.7. The lowest BCUT2D eigenvalue weighted by molar-refractivity contribution is -0.140. The van der Waals surface area contributed by atoms with E-state index in [1.807, 2.05) is 0 Å². The highest BCUT2D eigenvalue weighted by atomic mass is 16.5. The predicted octanol–water partition coefficient (Wildman–Crippen LogP) is 2.93. The summed E-state index contributed by atoms with van der Waals surface area (Å²) >= 11 is 0. The van der Waals surface area contributed by atoms with Crippen molar-refractivity contribution in [3.8, 4) is 28.7 Å². The standard InChI is InChI=1S/C25H27NO8/c1-14-10-21(30)24(25(32)26(14)9-8-15-4-6-18(27)19(28)11-15)17(13-23(31)34-3)16-5-7-22(33-2)20(29)12-16/h4-7,10-12,17,27-30H,8-9,13H2,1-3H3/t17-/m1/s1. The molecule has 0 fully saturated rings. The lowest BCUT2D eigenvalue weighted by Gasteiger charge is -2.21. The highest BCUT2D eigenvalue weighted by Crippen LogP contribution is 2.36. The molecule has 0 amide bonds. The molecule has 3 rings (SSSR count). The number of hydrogen-bond donors (Lipinski definition) is 4. The maximum atomic E-state index is 13.5. The van der Waals surface area contributed by atoms with Crippen LogP contribution in [0.1, 0.15) is 34.7 Å². The van der Waals surface area contributed by atoms with Crippen LogP contribution in [0.15, 0.2) is 47.3 Å². The average Bonchev–Trinajstić information content (AvgIpc) is 2.80. The molecule has 1 atom stereocenters. The molecule has 34 heavy (non-hydrogen) atoms. The summed E-state index contributed by atoms with van der Waals surface area (Å²) in [5.41, 5.74) is 1.12. The van der Waals surface area contributed by atoms with Gasteiger partial charge in [-0.2, -0.15) is 0 Å². The molecule has 1 aromatic heterocycles. The number of benzene rings is 2. The second kappa shape index (κ2) is 10.2. The monoisotopic (exact) mass is 469 g/mol. The Hall–Kier alpha value is -4.14. The fourth-order valence-electron chi connectivity index (χ4n) is 3.90. The molecule has 3 aromatic rings. The maximum absolute atomic E-state index is 13.5. The van der Waals surface area contributed by atoms with Crippen molar-refractivity contribution < 1.29 is 34.7 Å². The third-order valence-corrected chi connectivity index (χ3v) is 5.74. The quantitative estimate of drug-likeness (QED) is 0.292. The minimum absolute atomic E-state index is 0.00544. The molecule has 0 saturated carbocycles. The Bertz CT molecular complexity index is 1260. The topological polar surface area (TPSA) is 138 Å². The number of aryl methyl sites for hydroxylation is 2. The Labute approximate surface area is 196 Å². The molecular weight excluding hydrogens is 442 g/mol. The van der Waals surface area contributed by atoms with E-state index in [0.29, 0.717) is 23.2 Å². The fourth-order valence-corrected chi connectivity index (χ4v) is 3.90. The molecule has 180 valence electrons. The summed E-state index contributed by atoms with van der Waals surface area (Å²) in [6.45, 7) is 1.90. The van der Waals surface area contributed by atoms with Crippen LogP contribution < -0.4 is 10.3 Å². The first-order valence-corrected chi connectivity index (χ1v) is 10.5. The van der Waals surface area contributed by atoms with Crippen LogP contribution in [0.5, 0.6) is 28.7 Å². The van der Waals surface area contributed by atoms with Crippen LogP contribution in [0.2, 0.25) is 0 Å². The number of carbonyl (C=O) groups is 1. The second-order valence-electron chi connectivity index (χ2n) is 7.88. The van der Waals surface area contributed by atoms with Crippen LogP contribution in [0.4, 0.5) is 0 Å². The Balaban J connectivity index is 2.06. The number of aromatic hydroxyl groups is 4. The Morgan fingerprint density at radius 1 is 0.941 bits per heavy atom. The third kappa shape index (κ3) is 5.09. The van der Waals surface area contributed by atoms with E-state index >= 15 is 0 Å². The van der Waals surface area contributed by atoms with E-state index in [-0.39, 0.29) is 47.3 Å². The highest BCUT2D eigenvalue weighted by molar-refractivity contribution is 5.71. The van der Waals surface area contributed by atoms with Crippen LogP contribution in [0.3, 0.4) is 0 Å². The predicted molar refractivity (Wildman–Crippen MR) is 124 cm³/mol. The van der Waals surface area contributed by atoms with Crippen molar-refractivity contribution in [1.29, 1.82) is 0 Å². The Morgan fingerprint density at radius 3 is 2.29 bits per heavy atom. The van der Waals surface area contributed by atoms with Gasteiger partial charge in [0, 0.05) is 18.2 Å². The molecule has 0 saturated heterocycles. The van der Waals surface area contributed by atoms with Gasteiger partial charge in [-0.3, -0.25) is 9.59 Å². The number of esters is 1. The SMILES string of the molecule is COC(=O)C[C@H](c1ccc(OC)c(O)c1)c1c(O)cc(C)n(CCc2ccc(O)c(O)c2)c1=O. The normalized spacial score (nSPS) is 11.7. The fraction of sp³-hybridized carbons (Fsp3) is 0.280. The Morgan fingerprint density at radius 2 is 1.68 bits per heavy atom. The van der Waals surface area contributed by atoms with Gasteiger partial charge in [0.15, 0.2) is 23.0 Å². The summed E-state index contributed by atoms with van der Waals surface area (Å²) in [6, 6.07) is 10.4. The number of carbonyl (C=O) groups excluding carboxylic acids is 1. The van der Waals surface area contributed by atoms with Crippen molar-refractivity contribution in [2.45, 2.75) is 32.2 Å². The number of aromatic nitrogens is 1. The number of rotatable bonds is 8. The van der Waals surface area contributed by atoms with Gasteiger partial charge in [0.25, 0.3) is 5.56 Å². The van der Waals surface area contributed by atoms with Gasteiger partial charge >= 0.3 is 5.97 Å². The summed E-state index contributed by atoms with van der Waals surface area (Å²) in [5.74, 6) is -2.20. The summed E-state index contributed by atoms with van der Waals surface area (Å²) in [5, 5.41) is 40.2. The molecular formula is C25H27NO8. The Kier molecular flexibility index (Phi) is 7.35. The molecule has 0 aliphatic rings. The van der Waals surface area contributed by atoms with Gasteiger partial charge in [0.1, 0.15) is 5.75 Å². The van der Waals surface area contributed by atoms with Crippen molar-refractivity contribution in [2.24, 2.45) is 0 Å². The zero-order valence-corrected chi connectivity index (χ0v) is 19.1. The third-order valence-electron chi connectivity index (χ3n) is 5.74. The van der Waals surface area contributed by atoms with E-state index in [9.17, 15) is 30.0 Å². The van der Waals surface area contributed by atoms with Crippen molar-refractivity contribution in [1.82, 2.24) is 4.57 Å². The largest absolute Gasteiger partial charge is 0.507 e. The number of hydrogen-bond acceptors (Lipinski definition) is 8. The van der Waals surface area contributed by atoms with Gasteiger partial charge in [-0.05, 0) is 54.8 Å². The summed E-state index contributed by atoms with van der Waals surface area (Å²) < 4.78 is 11.3. The van der Waals surface area contributed by atoms with Crippen molar-refractivity contribution >= 4 is 5.97 Å². The van der Waals surface area contributed by atoms with E-state index < -0.39 is 17.4 Å². The minimum Gasteiger partial charge on any atom is -0.507 e. The average molecular weight is 469 g/mol. The van der Waals surface area contributed by atoms with Gasteiger partial charge in [-0.1, -0.05) is 12.1 Å². The summed E-state index contributed by atoms with van der Waals surface area (Å²) in [6.07, 6.45) is 0.129. The van der Waals surface area contributed by atoms with Gasteiger partial charge in [0.2, 0.25) is 0 Å². The zero-order chi connectivity index (χ0) is 25.0. The van der Waals surface area contributed by atoms with Crippen LogP contribution in [0.25, 0.3) is 0 Å². The molecule has 0 aliphatic carbocycles. The van der Waals surface area contributed by atoms with E-state index in [1.165, 1.54) is 49.1 Å². The molecule has 0 spiro atoms. The molecule has 0 radical (unpaired) electrons. The van der Waals surface area contributed by atoms with Gasteiger partial charge in [-0.15, -0.1) is 0 Å². The summed E-state index contributed by atoms with van der Waals surface area (Å²) in [7, 11) is 2.63. The van der Waals surface area contributed by atoms with Crippen LogP contribution in [0, 0.1) is 6.92 Å². The number of ether oxygens (including phenoxy) is 2. The van der Waals surface area contributed by atoms with Crippen LogP contribution in [-0.4, -0.2) is 45.2 Å². The van der Waals surface area contributed by atoms with Crippen molar-refractivity contribution in [2.75, 3.05) is 14.2 Å². The van der Waals surface area contributed by atoms with E-state index in [0.717, 1.165) is 0 Å². The first kappa shape index (κ1) is 24.5. The molecule has 2 aromatic carbocycles. The molecule has 9 nitrogen and oxygen atoms in total. The molecule has 4 N–H and O–H groups in total. The molecule has 1 heterocycles. The molecule has 0 unspecified atom stereocenters. The van der Waals surface area contributed by atoms with Crippen LogP contribution in [-0.2, 0) is 22.5 Å². The van der Waals surface area contributed by atoms with Gasteiger partial charge in [0.05, 0.1) is 26.2 Å². The number of methoxy groups -OCH3 is 2. The molecule has 0 aliphatic heterocycles. The van der Waals surface area contributed by atoms with E-state index in [4.69, 9.17) is 9.47 Å². The zero-order valence-electron chi connectivity index (χ0n) is 19.1. The van der Waals surface area contributed by atoms with Gasteiger partial charge in [-0.25, -0.2) is 0 Å². The van der Waals surface area contributed by atoms with Crippen LogP contribution >= 0.6 is 0 Å². The molecule has 0 bridgehead atoms. The number of phenolic OH excluding ortho intramolecular Hbond substituents is 3. The maximum Gasteiger partial charge on any atom is 0.306 e. The molecule has 9 heteroatoms. The van der Waals surface area contributed by atoms with E-state index in [2.05, 4.69) is 0 Å². The minimum atomic E-state index is -0.888. The number of pyridine rings is 1. The van der Waals surface area contributed by atoms with Crippen molar-refractivity contribution in [3.05, 3.63) is 75.2 Å². The van der Waals surface area contributed by atoms with Gasteiger partial charge < -0.3 is 34.5 Å². The lowest BCUT2D eigenvalue weighted by Crippen LogP contribution is -2.29.